The fourth-order valence-electron chi connectivity index (χ4n) is 2.53. The summed E-state index contributed by atoms with van der Waals surface area (Å²) in [5.41, 5.74) is 1.62. The number of fused-ring (bicyclic) bond motifs is 1. The van der Waals surface area contributed by atoms with Crippen LogP contribution in [0.4, 0.5) is 0 Å². The van der Waals surface area contributed by atoms with Gasteiger partial charge in [-0.2, -0.15) is 0 Å². The number of benzene rings is 1. The standard InChI is InChI=1S/C16H21NO4/c1-10-11(2)21-15-12(10)6-4-7-13(15)16(20)17(3)9-5-8-14(18)19/h4,6-7,10-11H,5,8-9H2,1-3H3,(H,18,19). The lowest BCUT2D eigenvalue weighted by Gasteiger charge is -2.18. The Labute approximate surface area is 124 Å². The minimum absolute atomic E-state index is 0.0614. The van der Waals surface area contributed by atoms with Gasteiger partial charge in [-0.3, -0.25) is 9.59 Å². The van der Waals surface area contributed by atoms with Gasteiger partial charge in [-0.25, -0.2) is 0 Å². The van der Waals surface area contributed by atoms with Crippen LogP contribution in [0.25, 0.3) is 0 Å². The minimum Gasteiger partial charge on any atom is -0.489 e. The summed E-state index contributed by atoms with van der Waals surface area (Å²) in [6.07, 6.45) is 0.571. The second kappa shape index (κ2) is 6.16. The maximum atomic E-state index is 12.5. The Balaban J connectivity index is 2.12. The minimum atomic E-state index is -0.845. The molecule has 0 saturated carbocycles. The van der Waals surface area contributed by atoms with Crippen molar-refractivity contribution in [3.8, 4) is 5.75 Å². The molecule has 0 saturated heterocycles. The predicted octanol–water partition coefficient (Wildman–Crippen LogP) is 2.51. The molecule has 0 spiro atoms. The fraction of sp³-hybridized carbons (Fsp3) is 0.500. The number of nitrogens with zero attached hydrogens (tertiary/aromatic N) is 1. The third kappa shape index (κ3) is 3.17. The highest BCUT2D eigenvalue weighted by atomic mass is 16.5. The van der Waals surface area contributed by atoms with Gasteiger partial charge in [0, 0.05) is 31.5 Å². The lowest BCUT2D eigenvalue weighted by atomic mass is 9.96. The van der Waals surface area contributed by atoms with Gasteiger partial charge < -0.3 is 14.7 Å². The summed E-state index contributed by atoms with van der Waals surface area (Å²) in [5, 5.41) is 8.64. The number of para-hydroxylation sites is 1. The molecule has 1 aromatic carbocycles. The number of carbonyl (C=O) groups is 2. The van der Waals surface area contributed by atoms with E-state index in [4.69, 9.17) is 9.84 Å². The van der Waals surface area contributed by atoms with E-state index in [0.29, 0.717) is 24.3 Å². The molecule has 0 fully saturated rings. The Morgan fingerprint density at radius 1 is 1.33 bits per heavy atom. The summed E-state index contributed by atoms with van der Waals surface area (Å²) in [4.78, 5) is 24.6. The number of ether oxygens (including phenoxy) is 1. The molecule has 114 valence electrons. The Morgan fingerprint density at radius 3 is 2.71 bits per heavy atom. The van der Waals surface area contributed by atoms with Gasteiger partial charge >= 0.3 is 5.97 Å². The van der Waals surface area contributed by atoms with Crippen molar-refractivity contribution < 1.29 is 19.4 Å². The van der Waals surface area contributed by atoms with E-state index < -0.39 is 5.97 Å². The van der Waals surface area contributed by atoms with E-state index in [-0.39, 0.29) is 24.3 Å². The Bertz CT molecular complexity index is 555. The van der Waals surface area contributed by atoms with Crippen molar-refractivity contribution >= 4 is 11.9 Å². The molecule has 2 unspecified atom stereocenters. The smallest absolute Gasteiger partial charge is 0.303 e. The number of carboxylic acids is 1. The highest BCUT2D eigenvalue weighted by molar-refractivity contribution is 5.97. The molecule has 2 rings (SSSR count). The first-order valence-corrected chi connectivity index (χ1v) is 7.18. The monoisotopic (exact) mass is 291 g/mol. The number of hydrogen-bond donors (Lipinski definition) is 1. The topological polar surface area (TPSA) is 66.8 Å². The van der Waals surface area contributed by atoms with Gasteiger partial charge in [0.05, 0.1) is 5.56 Å². The van der Waals surface area contributed by atoms with E-state index in [1.54, 1.807) is 18.0 Å². The first kappa shape index (κ1) is 15.4. The van der Waals surface area contributed by atoms with Gasteiger partial charge in [0.25, 0.3) is 5.91 Å². The van der Waals surface area contributed by atoms with Crippen LogP contribution in [-0.4, -0.2) is 41.6 Å². The zero-order valence-electron chi connectivity index (χ0n) is 12.6. The van der Waals surface area contributed by atoms with Crippen molar-refractivity contribution in [2.75, 3.05) is 13.6 Å². The molecule has 5 heteroatoms. The van der Waals surface area contributed by atoms with E-state index >= 15 is 0 Å². The highest BCUT2D eigenvalue weighted by Crippen LogP contribution is 2.40. The number of hydrogen-bond acceptors (Lipinski definition) is 3. The molecular formula is C16H21NO4. The SMILES string of the molecule is CC1Oc2c(C(=O)N(C)CCCC(=O)O)cccc2C1C. The zero-order chi connectivity index (χ0) is 15.6. The molecule has 0 bridgehead atoms. The van der Waals surface area contributed by atoms with E-state index in [2.05, 4.69) is 6.92 Å². The second-order valence-electron chi connectivity index (χ2n) is 5.56. The summed E-state index contributed by atoms with van der Waals surface area (Å²) in [5.74, 6) is -0.0291. The number of aliphatic carboxylic acids is 1. The van der Waals surface area contributed by atoms with Crippen molar-refractivity contribution in [1.82, 2.24) is 4.90 Å². The molecule has 1 aliphatic rings. The molecular weight excluding hydrogens is 270 g/mol. The average molecular weight is 291 g/mol. The molecule has 1 heterocycles. The number of rotatable bonds is 5. The van der Waals surface area contributed by atoms with Gasteiger partial charge in [0.1, 0.15) is 11.9 Å². The summed E-state index contributed by atoms with van der Waals surface area (Å²) in [6.45, 7) is 4.50. The van der Waals surface area contributed by atoms with Crippen LogP contribution in [0.2, 0.25) is 0 Å². The maximum absolute atomic E-state index is 12.5. The summed E-state index contributed by atoms with van der Waals surface area (Å²) in [7, 11) is 1.69. The molecule has 1 aromatic rings. The molecule has 1 amide bonds. The largest absolute Gasteiger partial charge is 0.489 e. The van der Waals surface area contributed by atoms with E-state index in [0.717, 1.165) is 5.56 Å². The molecule has 0 aromatic heterocycles. The normalized spacial score (nSPS) is 19.8. The Morgan fingerprint density at radius 2 is 2.05 bits per heavy atom. The van der Waals surface area contributed by atoms with E-state index in [9.17, 15) is 9.59 Å². The average Bonchev–Trinajstić information content (AvgIpc) is 2.73. The Kier molecular flexibility index (Phi) is 4.50. The quantitative estimate of drug-likeness (QED) is 0.905. The van der Waals surface area contributed by atoms with Gasteiger partial charge in [0.2, 0.25) is 0 Å². The van der Waals surface area contributed by atoms with Crippen LogP contribution in [0.1, 0.15) is 48.5 Å². The molecule has 0 radical (unpaired) electrons. The second-order valence-corrected chi connectivity index (χ2v) is 5.56. The molecule has 2 atom stereocenters. The molecule has 1 N–H and O–H groups in total. The van der Waals surface area contributed by atoms with Crippen LogP contribution in [0.15, 0.2) is 18.2 Å². The van der Waals surface area contributed by atoms with Crippen LogP contribution in [0.3, 0.4) is 0 Å². The van der Waals surface area contributed by atoms with Crippen molar-refractivity contribution in [3.63, 3.8) is 0 Å². The summed E-state index contributed by atoms with van der Waals surface area (Å²) in [6, 6.07) is 5.62. The number of amides is 1. The highest BCUT2D eigenvalue weighted by Gasteiger charge is 2.31. The van der Waals surface area contributed by atoms with Gasteiger partial charge in [-0.1, -0.05) is 19.1 Å². The number of carbonyl (C=O) groups excluding carboxylic acids is 1. The van der Waals surface area contributed by atoms with Crippen LogP contribution in [0.5, 0.6) is 5.75 Å². The first-order chi connectivity index (χ1) is 9.91. The van der Waals surface area contributed by atoms with Crippen LogP contribution in [0, 0.1) is 0 Å². The van der Waals surface area contributed by atoms with Crippen molar-refractivity contribution in [1.29, 1.82) is 0 Å². The molecule has 1 aliphatic heterocycles. The molecule has 0 aliphatic carbocycles. The van der Waals surface area contributed by atoms with E-state index in [1.807, 2.05) is 19.1 Å². The lowest BCUT2D eigenvalue weighted by molar-refractivity contribution is -0.137. The fourth-order valence-corrected chi connectivity index (χ4v) is 2.53. The lowest BCUT2D eigenvalue weighted by Crippen LogP contribution is -2.28. The molecule has 5 nitrogen and oxygen atoms in total. The maximum Gasteiger partial charge on any atom is 0.303 e. The first-order valence-electron chi connectivity index (χ1n) is 7.18. The van der Waals surface area contributed by atoms with Gasteiger partial charge in [0.15, 0.2) is 0 Å². The van der Waals surface area contributed by atoms with Crippen LogP contribution >= 0.6 is 0 Å². The van der Waals surface area contributed by atoms with Crippen LogP contribution < -0.4 is 4.74 Å². The predicted molar refractivity (Wildman–Crippen MR) is 78.8 cm³/mol. The van der Waals surface area contributed by atoms with Crippen molar-refractivity contribution in [2.45, 2.75) is 38.7 Å². The van der Waals surface area contributed by atoms with Gasteiger partial charge in [-0.15, -0.1) is 0 Å². The van der Waals surface area contributed by atoms with Gasteiger partial charge in [-0.05, 0) is 19.4 Å². The third-order valence-corrected chi connectivity index (χ3v) is 4.01. The molecule has 21 heavy (non-hydrogen) atoms. The summed E-state index contributed by atoms with van der Waals surface area (Å²) >= 11 is 0. The van der Waals surface area contributed by atoms with E-state index in [1.165, 1.54) is 0 Å². The summed E-state index contributed by atoms with van der Waals surface area (Å²) < 4.78 is 5.82. The third-order valence-electron chi connectivity index (χ3n) is 4.01. The van der Waals surface area contributed by atoms with Crippen molar-refractivity contribution in [3.05, 3.63) is 29.3 Å². The zero-order valence-corrected chi connectivity index (χ0v) is 12.6. The van der Waals surface area contributed by atoms with Crippen LogP contribution in [-0.2, 0) is 4.79 Å². The van der Waals surface area contributed by atoms with Crippen molar-refractivity contribution in [2.24, 2.45) is 0 Å². The number of carboxylic acid groups (broad SMARTS) is 1. The Hall–Kier alpha value is -2.04.